The molecule has 0 bridgehead atoms. The molecule has 0 aliphatic carbocycles. The van der Waals surface area contributed by atoms with Gasteiger partial charge < -0.3 is 19.2 Å². The first kappa shape index (κ1) is 18.8. The molecule has 27 heavy (non-hydrogen) atoms. The number of rotatable bonds is 6. The van der Waals surface area contributed by atoms with Gasteiger partial charge in [0.05, 0.1) is 6.54 Å². The Labute approximate surface area is 152 Å². The first-order valence-corrected chi connectivity index (χ1v) is 8.01. The van der Waals surface area contributed by atoms with E-state index in [1.807, 2.05) is 30.3 Å². The largest absolute Gasteiger partial charge is 0.573 e. The molecule has 0 saturated heterocycles. The van der Waals surface area contributed by atoms with Gasteiger partial charge in [-0.05, 0) is 36.4 Å². The van der Waals surface area contributed by atoms with Crippen LogP contribution in [0, 0.1) is 0 Å². The van der Waals surface area contributed by atoms with Crippen molar-refractivity contribution in [1.82, 2.24) is 5.32 Å². The average Bonchev–Trinajstić information content (AvgIpc) is 3.05. The van der Waals surface area contributed by atoms with E-state index < -0.39 is 24.1 Å². The summed E-state index contributed by atoms with van der Waals surface area (Å²) in [5.41, 5.74) is 0.908. The maximum absolute atomic E-state index is 12.2. The summed E-state index contributed by atoms with van der Waals surface area (Å²) < 4.78 is 51.4. The average molecular weight is 379 g/mol. The lowest BCUT2D eigenvalue weighted by Gasteiger charge is -2.14. The highest BCUT2D eigenvalue weighted by Gasteiger charge is 2.31. The van der Waals surface area contributed by atoms with Gasteiger partial charge in [0.1, 0.15) is 23.2 Å². The lowest BCUT2D eigenvalue weighted by Crippen LogP contribution is -2.29. The van der Waals surface area contributed by atoms with Crippen LogP contribution >= 0.6 is 0 Å². The van der Waals surface area contributed by atoms with Crippen LogP contribution in [0.3, 0.4) is 0 Å². The number of para-hydroxylation sites is 1. The molecule has 142 valence electrons. The van der Waals surface area contributed by atoms with Gasteiger partial charge in [-0.25, -0.2) is 0 Å². The van der Waals surface area contributed by atoms with Crippen molar-refractivity contribution in [2.75, 3.05) is 13.7 Å². The SMILES string of the molecule is CO[C@@H](CNC(=O)c1ccc(OC(F)(F)F)cc1)c1cc2ccccc2o1. The molecule has 2 aromatic carbocycles. The number of ether oxygens (including phenoxy) is 2. The van der Waals surface area contributed by atoms with Crippen LogP contribution in [0.25, 0.3) is 11.0 Å². The lowest BCUT2D eigenvalue weighted by atomic mass is 10.2. The second-order valence-electron chi connectivity index (χ2n) is 5.69. The molecule has 0 radical (unpaired) electrons. The first-order valence-electron chi connectivity index (χ1n) is 8.01. The van der Waals surface area contributed by atoms with Crippen LogP contribution in [0.4, 0.5) is 13.2 Å². The smallest absolute Gasteiger partial charge is 0.458 e. The van der Waals surface area contributed by atoms with E-state index in [0.717, 1.165) is 17.5 Å². The molecule has 0 fully saturated rings. The van der Waals surface area contributed by atoms with Gasteiger partial charge in [0.25, 0.3) is 5.91 Å². The molecule has 3 rings (SSSR count). The van der Waals surface area contributed by atoms with Crippen LogP contribution < -0.4 is 10.1 Å². The Morgan fingerprint density at radius 3 is 2.48 bits per heavy atom. The van der Waals surface area contributed by atoms with Crippen molar-refractivity contribution in [2.45, 2.75) is 12.5 Å². The Balaban J connectivity index is 1.63. The molecular weight excluding hydrogens is 363 g/mol. The van der Waals surface area contributed by atoms with Crippen molar-refractivity contribution in [3.63, 3.8) is 0 Å². The normalized spacial score (nSPS) is 12.7. The highest BCUT2D eigenvalue weighted by Crippen LogP contribution is 2.26. The minimum atomic E-state index is -4.78. The van der Waals surface area contributed by atoms with Gasteiger partial charge in [0.15, 0.2) is 0 Å². The summed E-state index contributed by atoms with van der Waals surface area (Å²) in [6, 6.07) is 14.0. The summed E-state index contributed by atoms with van der Waals surface area (Å²) in [4.78, 5) is 12.2. The zero-order valence-corrected chi connectivity index (χ0v) is 14.2. The second-order valence-corrected chi connectivity index (χ2v) is 5.69. The number of furan rings is 1. The zero-order valence-electron chi connectivity index (χ0n) is 14.2. The number of carbonyl (C=O) groups excluding carboxylic acids is 1. The minimum Gasteiger partial charge on any atom is -0.458 e. The molecule has 0 saturated carbocycles. The van der Waals surface area contributed by atoms with Crippen LogP contribution in [-0.2, 0) is 4.74 Å². The molecule has 0 aliphatic heterocycles. The Hall–Kier alpha value is -3.00. The van der Waals surface area contributed by atoms with Gasteiger partial charge in [-0.2, -0.15) is 0 Å². The number of hydrogen-bond donors (Lipinski definition) is 1. The number of amides is 1. The molecule has 1 amide bonds. The van der Waals surface area contributed by atoms with Crippen LogP contribution in [-0.4, -0.2) is 25.9 Å². The van der Waals surface area contributed by atoms with Crippen LogP contribution in [0.2, 0.25) is 0 Å². The van der Waals surface area contributed by atoms with Gasteiger partial charge in [0, 0.05) is 18.1 Å². The monoisotopic (exact) mass is 379 g/mol. The van der Waals surface area contributed by atoms with Crippen LogP contribution in [0.15, 0.2) is 59.0 Å². The van der Waals surface area contributed by atoms with Crippen molar-refractivity contribution < 1.29 is 31.9 Å². The third kappa shape index (κ3) is 4.79. The molecule has 3 aromatic rings. The summed E-state index contributed by atoms with van der Waals surface area (Å²) in [5.74, 6) is -0.282. The van der Waals surface area contributed by atoms with Gasteiger partial charge in [0.2, 0.25) is 0 Å². The van der Waals surface area contributed by atoms with E-state index in [4.69, 9.17) is 9.15 Å². The number of halogens is 3. The fourth-order valence-electron chi connectivity index (χ4n) is 2.56. The Bertz CT molecular complexity index is 886. The number of carbonyl (C=O) groups is 1. The van der Waals surface area contributed by atoms with Crippen molar-refractivity contribution in [2.24, 2.45) is 0 Å². The highest BCUT2D eigenvalue weighted by molar-refractivity contribution is 5.94. The maximum Gasteiger partial charge on any atom is 0.573 e. The van der Waals surface area contributed by atoms with E-state index in [9.17, 15) is 18.0 Å². The van der Waals surface area contributed by atoms with E-state index in [2.05, 4.69) is 10.1 Å². The summed E-state index contributed by atoms with van der Waals surface area (Å²) in [7, 11) is 1.49. The molecule has 1 aromatic heterocycles. The molecular formula is C19H16F3NO4. The predicted octanol–water partition coefficient (Wildman–Crippen LogP) is 4.45. The van der Waals surface area contributed by atoms with Gasteiger partial charge in [-0.3, -0.25) is 4.79 Å². The number of alkyl halides is 3. The van der Waals surface area contributed by atoms with Crippen molar-refractivity contribution in [1.29, 1.82) is 0 Å². The summed E-state index contributed by atoms with van der Waals surface area (Å²) in [6.07, 6.45) is -5.28. The molecule has 0 spiro atoms. The zero-order chi connectivity index (χ0) is 19.4. The van der Waals surface area contributed by atoms with Gasteiger partial charge >= 0.3 is 6.36 Å². The fraction of sp³-hybridized carbons (Fsp3) is 0.211. The third-order valence-electron chi connectivity index (χ3n) is 3.84. The molecule has 1 N–H and O–H groups in total. The molecule has 5 nitrogen and oxygen atoms in total. The minimum absolute atomic E-state index is 0.135. The molecule has 8 heteroatoms. The number of benzene rings is 2. The summed E-state index contributed by atoms with van der Waals surface area (Å²) in [6.45, 7) is 0.135. The Kier molecular flexibility index (Phi) is 5.36. The maximum atomic E-state index is 12.2. The van der Waals surface area contributed by atoms with E-state index in [1.165, 1.54) is 19.2 Å². The third-order valence-corrected chi connectivity index (χ3v) is 3.84. The topological polar surface area (TPSA) is 60.7 Å². The van der Waals surface area contributed by atoms with E-state index in [-0.39, 0.29) is 12.1 Å². The standard InChI is InChI=1S/C19H16F3NO4/c1-25-17(16-10-13-4-2-3-5-15(13)26-16)11-23-18(24)12-6-8-14(9-7-12)27-19(20,21)22/h2-10,17H,11H2,1H3,(H,23,24)/t17-/m0/s1. The lowest BCUT2D eigenvalue weighted by molar-refractivity contribution is -0.274. The quantitative estimate of drug-likeness (QED) is 0.688. The molecule has 1 atom stereocenters. The van der Waals surface area contributed by atoms with Crippen molar-refractivity contribution in [3.05, 3.63) is 65.9 Å². The van der Waals surface area contributed by atoms with Crippen LogP contribution in [0.5, 0.6) is 5.75 Å². The van der Waals surface area contributed by atoms with Gasteiger partial charge in [-0.15, -0.1) is 13.2 Å². The fourth-order valence-corrected chi connectivity index (χ4v) is 2.56. The van der Waals surface area contributed by atoms with E-state index in [1.54, 1.807) is 0 Å². The van der Waals surface area contributed by atoms with Crippen LogP contribution in [0.1, 0.15) is 22.2 Å². The number of hydrogen-bond acceptors (Lipinski definition) is 4. The number of methoxy groups -OCH3 is 1. The molecule has 1 heterocycles. The van der Waals surface area contributed by atoms with E-state index >= 15 is 0 Å². The summed E-state index contributed by atoms with van der Waals surface area (Å²) in [5, 5.41) is 3.59. The summed E-state index contributed by atoms with van der Waals surface area (Å²) >= 11 is 0. The molecule has 0 unspecified atom stereocenters. The van der Waals surface area contributed by atoms with E-state index in [0.29, 0.717) is 11.3 Å². The van der Waals surface area contributed by atoms with Crippen molar-refractivity contribution >= 4 is 16.9 Å². The van der Waals surface area contributed by atoms with Gasteiger partial charge in [-0.1, -0.05) is 18.2 Å². The highest BCUT2D eigenvalue weighted by atomic mass is 19.4. The number of nitrogens with one attached hydrogen (secondary N) is 1. The second kappa shape index (κ2) is 7.71. The predicted molar refractivity (Wildman–Crippen MR) is 91.4 cm³/mol. The Morgan fingerprint density at radius 2 is 1.85 bits per heavy atom. The van der Waals surface area contributed by atoms with Crippen molar-refractivity contribution in [3.8, 4) is 5.75 Å². The first-order chi connectivity index (χ1) is 12.9. The number of fused-ring (bicyclic) bond motifs is 1. The Morgan fingerprint density at radius 1 is 1.15 bits per heavy atom. The molecule has 0 aliphatic rings.